The van der Waals surface area contributed by atoms with E-state index in [0.717, 1.165) is 24.8 Å². The van der Waals surface area contributed by atoms with Gasteiger partial charge in [-0.2, -0.15) is 0 Å². The molecule has 2 rings (SSSR count). The van der Waals surface area contributed by atoms with Gasteiger partial charge in [-0.15, -0.1) is 0 Å². The van der Waals surface area contributed by atoms with Gasteiger partial charge < -0.3 is 25.1 Å². The van der Waals surface area contributed by atoms with Crippen LogP contribution in [0.3, 0.4) is 0 Å². The van der Waals surface area contributed by atoms with Crippen molar-refractivity contribution in [3.05, 3.63) is 17.7 Å². The third-order valence-corrected chi connectivity index (χ3v) is 4.09. The van der Waals surface area contributed by atoms with Crippen LogP contribution in [0.15, 0.2) is 12.1 Å². The number of hydrogen-bond acceptors (Lipinski definition) is 5. The van der Waals surface area contributed by atoms with Gasteiger partial charge >= 0.3 is 0 Å². The van der Waals surface area contributed by atoms with Crippen LogP contribution in [-0.2, 0) is 0 Å². The summed E-state index contributed by atoms with van der Waals surface area (Å²) in [7, 11) is 4.68. The van der Waals surface area contributed by atoms with E-state index < -0.39 is 12.1 Å². The second kappa shape index (κ2) is 6.33. The van der Waals surface area contributed by atoms with Crippen molar-refractivity contribution < 1.29 is 19.3 Å². The minimum atomic E-state index is -0.559. The van der Waals surface area contributed by atoms with E-state index in [1.807, 2.05) is 6.07 Å². The molecule has 1 fully saturated rings. The quantitative estimate of drug-likeness (QED) is 0.832. The van der Waals surface area contributed by atoms with Gasteiger partial charge in [0.1, 0.15) is 0 Å². The molecule has 0 amide bonds. The molecule has 1 aromatic carbocycles. The molecule has 5 nitrogen and oxygen atoms in total. The predicted molar refractivity (Wildman–Crippen MR) is 76.4 cm³/mol. The van der Waals surface area contributed by atoms with Crippen molar-refractivity contribution in [3.8, 4) is 17.2 Å². The van der Waals surface area contributed by atoms with Crippen LogP contribution in [0.25, 0.3) is 0 Å². The van der Waals surface area contributed by atoms with Crippen molar-refractivity contribution in [1.29, 1.82) is 0 Å². The fourth-order valence-electron chi connectivity index (χ4n) is 2.65. The highest BCUT2D eigenvalue weighted by Gasteiger charge is 2.33. The lowest BCUT2D eigenvalue weighted by molar-refractivity contribution is 0.0406. The molecule has 0 heterocycles. The Kier molecular flexibility index (Phi) is 4.73. The Labute approximate surface area is 119 Å². The molecule has 20 heavy (non-hydrogen) atoms. The summed E-state index contributed by atoms with van der Waals surface area (Å²) in [5, 5.41) is 10.3. The Hall–Kier alpha value is -1.46. The van der Waals surface area contributed by atoms with E-state index in [9.17, 15) is 5.11 Å². The van der Waals surface area contributed by atoms with E-state index in [1.54, 1.807) is 27.4 Å². The van der Waals surface area contributed by atoms with Gasteiger partial charge in [0.2, 0.25) is 5.75 Å². The number of ether oxygens (including phenoxy) is 3. The average Bonchev–Trinajstić information content (AvgIpc) is 2.42. The standard InChI is InChI=1S/C15H23NO4/c1-18-11-8-7-10(14(19-2)15(11)20-3)12(16)13(17)9-5-4-6-9/h7-9,12-13,17H,4-6,16H2,1-3H3/t12-,13+/m1/s1. The minimum Gasteiger partial charge on any atom is -0.493 e. The van der Waals surface area contributed by atoms with Crippen LogP contribution >= 0.6 is 0 Å². The maximum absolute atomic E-state index is 10.3. The second-order valence-corrected chi connectivity index (χ2v) is 5.13. The van der Waals surface area contributed by atoms with Crippen molar-refractivity contribution in [1.82, 2.24) is 0 Å². The molecule has 0 aromatic heterocycles. The molecule has 3 N–H and O–H groups in total. The molecule has 1 aliphatic rings. The smallest absolute Gasteiger partial charge is 0.203 e. The first kappa shape index (κ1) is 14.9. The number of hydrogen-bond donors (Lipinski definition) is 2. The summed E-state index contributed by atoms with van der Waals surface area (Å²) in [5.41, 5.74) is 6.95. The lowest BCUT2D eigenvalue weighted by atomic mass is 9.77. The molecule has 0 saturated heterocycles. The highest BCUT2D eigenvalue weighted by Crippen LogP contribution is 2.44. The Bertz CT molecular complexity index is 459. The lowest BCUT2D eigenvalue weighted by Crippen LogP contribution is -2.36. The van der Waals surface area contributed by atoms with E-state index in [-0.39, 0.29) is 5.92 Å². The summed E-state index contributed by atoms with van der Waals surface area (Å²) in [6.45, 7) is 0. The first-order valence-corrected chi connectivity index (χ1v) is 6.86. The van der Waals surface area contributed by atoms with Gasteiger partial charge in [0.25, 0.3) is 0 Å². The van der Waals surface area contributed by atoms with Crippen molar-refractivity contribution in [2.45, 2.75) is 31.4 Å². The largest absolute Gasteiger partial charge is 0.493 e. The zero-order valence-electron chi connectivity index (χ0n) is 12.3. The summed E-state index contributed by atoms with van der Waals surface area (Å²) >= 11 is 0. The van der Waals surface area contributed by atoms with Crippen LogP contribution in [0.1, 0.15) is 30.9 Å². The topological polar surface area (TPSA) is 73.9 Å². The van der Waals surface area contributed by atoms with Gasteiger partial charge in [-0.05, 0) is 30.9 Å². The van der Waals surface area contributed by atoms with Gasteiger partial charge in [-0.25, -0.2) is 0 Å². The van der Waals surface area contributed by atoms with E-state index in [1.165, 1.54) is 0 Å². The summed E-state index contributed by atoms with van der Waals surface area (Å²) in [4.78, 5) is 0. The van der Waals surface area contributed by atoms with E-state index in [0.29, 0.717) is 17.2 Å². The molecule has 0 bridgehead atoms. The Morgan fingerprint density at radius 1 is 1.10 bits per heavy atom. The van der Waals surface area contributed by atoms with Gasteiger partial charge in [0.05, 0.1) is 33.5 Å². The lowest BCUT2D eigenvalue weighted by Gasteiger charge is -2.34. The zero-order valence-corrected chi connectivity index (χ0v) is 12.3. The molecule has 0 unspecified atom stereocenters. The Morgan fingerprint density at radius 2 is 1.75 bits per heavy atom. The van der Waals surface area contributed by atoms with Crippen LogP contribution in [0.4, 0.5) is 0 Å². The Morgan fingerprint density at radius 3 is 2.20 bits per heavy atom. The van der Waals surface area contributed by atoms with E-state index in [2.05, 4.69) is 0 Å². The molecule has 1 aromatic rings. The fraction of sp³-hybridized carbons (Fsp3) is 0.600. The first-order chi connectivity index (χ1) is 9.63. The maximum Gasteiger partial charge on any atom is 0.203 e. The molecule has 0 radical (unpaired) electrons. The fourth-order valence-corrected chi connectivity index (χ4v) is 2.65. The number of aliphatic hydroxyl groups is 1. The first-order valence-electron chi connectivity index (χ1n) is 6.86. The molecule has 5 heteroatoms. The van der Waals surface area contributed by atoms with Gasteiger partial charge in [0.15, 0.2) is 11.5 Å². The van der Waals surface area contributed by atoms with Crippen molar-refractivity contribution >= 4 is 0 Å². The van der Waals surface area contributed by atoms with Crippen LogP contribution in [-0.4, -0.2) is 32.5 Å². The summed E-state index contributed by atoms with van der Waals surface area (Å²) in [5.74, 6) is 1.89. The minimum absolute atomic E-state index is 0.280. The average molecular weight is 281 g/mol. The van der Waals surface area contributed by atoms with E-state index in [4.69, 9.17) is 19.9 Å². The maximum atomic E-state index is 10.3. The van der Waals surface area contributed by atoms with Crippen LogP contribution in [0.2, 0.25) is 0 Å². The van der Waals surface area contributed by atoms with Crippen LogP contribution in [0, 0.1) is 5.92 Å². The normalized spacial score (nSPS) is 18.1. The Balaban J connectivity index is 2.34. The third kappa shape index (κ3) is 2.55. The van der Waals surface area contributed by atoms with E-state index >= 15 is 0 Å². The molecule has 112 valence electrons. The molecular weight excluding hydrogens is 258 g/mol. The van der Waals surface area contributed by atoms with Crippen LogP contribution < -0.4 is 19.9 Å². The molecule has 1 saturated carbocycles. The number of rotatable bonds is 6. The van der Waals surface area contributed by atoms with Crippen LogP contribution in [0.5, 0.6) is 17.2 Å². The third-order valence-electron chi connectivity index (χ3n) is 4.09. The molecule has 0 spiro atoms. The predicted octanol–water partition coefficient (Wildman–Crippen LogP) is 1.87. The highest BCUT2D eigenvalue weighted by atomic mass is 16.5. The molecular formula is C15H23NO4. The molecule has 1 aliphatic carbocycles. The number of nitrogens with two attached hydrogens (primary N) is 1. The van der Waals surface area contributed by atoms with Crippen molar-refractivity contribution in [2.24, 2.45) is 11.7 Å². The highest BCUT2D eigenvalue weighted by molar-refractivity contribution is 5.56. The number of benzene rings is 1. The van der Waals surface area contributed by atoms with Crippen molar-refractivity contribution in [2.75, 3.05) is 21.3 Å². The van der Waals surface area contributed by atoms with Gasteiger partial charge in [0, 0.05) is 5.56 Å². The monoisotopic (exact) mass is 281 g/mol. The number of methoxy groups -OCH3 is 3. The summed E-state index contributed by atoms with van der Waals surface area (Å²) in [6.07, 6.45) is 2.67. The summed E-state index contributed by atoms with van der Waals surface area (Å²) in [6, 6.07) is 3.12. The molecule has 2 atom stereocenters. The molecule has 0 aliphatic heterocycles. The van der Waals surface area contributed by atoms with Crippen molar-refractivity contribution in [3.63, 3.8) is 0 Å². The zero-order chi connectivity index (χ0) is 14.7. The SMILES string of the molecule is COc1ccc([C@@H](N)[C@@H](O)C2CCC2)c(OC)c1OC. The van der Waals surface area contributed by atoms with Gasteiger partial charge in [-0.1, -0.05) is 6.42 Å². The number of aliphatic hydroxyl groups excluding tert-OH is 1. The summed E-state index contributed by atoms with van der Waals surface area (Å²) < 4.78 is 16.0. The van der Waals surface area contributed by atoms with Gasteiger partial charge in [-0.3, -0.25) is 0 Å². The second-order valence-electron chi connectivity index (χ2n) is 5.13.